The minimum atomic E-state index is 0.504. The number of rotatable bonds is 4. The van der Waals surface area contributed by atoms with Gasteiger partial charge in [0, 0.05) is 5.56 Å². The molecule has 3 aromatic rings. The van der Waals surface area contributed by atoms with Gasteiger partial charge in [-0.1, -0.05) is 36.4 Å². The van der Waals surface area contributed by atoms with Crippen molar-refractivity contribution in [1.29, 1.82) is 0 Å². The Morgan fingerprint density at radius 1 is 1.10 bits per heavy atom. The van der Waals surface area contributed by atoms with E-state index in [0.717, 1.165) is 16.9 Å². The van der Waals surface area contributed by atoms with E-state index >= 15 is 0 Å². The number of nitrogens with zero attached hydrogens (tertiary/aromatic N) is 1. The topological polar surface area (TPSA) is 61.3 Å². The highest BCUT2D eigenvalue weighted by Crippen LogP contribution is 2.36. The fraction of sp³-hybridized carbons (Fsp3) is 0.118. The molecule has 0 aliphatic carbocycles. The molecular weight excluding hydrogens is 264 g/mol. The third kappa shape index (κ3) is 2.60. The van der Waals surface area contributed by atoms with Crippen LogP contribution >= 0.6 is 0 Å². The molecule has 0 saturated carbocycles. The summed E-state index contributed by atoms with van der Waals surface area (Å²) in [6.07, 6.45) is 1.71. The summed E-state index contributed by atoms with van der Waals surface area (Å²) in [7, 11) is 0. The molecule has 0 amide bonds. The minimum Gasteiger partial charge on any atom is -0.491 e. The Hall–Kier alpha value is -2.75. The van der Waals surface area contributed by atoms with Crippen molar-refractivity contribution < 1.29 is 9.15 Å². The van der Waals surface area contributed by atoms with E-state index < -0.39 is 0 Å². The van der Waals surface area contributed by atoms with Gasteiger partial charge in [-0.2, -0.15) is 0 Å². The maximum Gasteiger partial charge on any atom is 0.230 e. The molecule has 2 N–H and O–H groups in total. The zero-order valence-electron chi connectivity index (χ0n) is 11.7. The van der Waals surface area contributed by atoms with Crippen LogP contribution in [0.1, 0.15) is 6.92 Å². The summed E-state index contributed by atoms with van der Waals surface area (Å²) in [6.45, 7) is 2.45. The van der Waals surface area contributed by atoms with Gasteiger partial charge in [-0.05, 0) is 19.1 Å². The zero-order chi connectivity index (χ0) is 14.7. The third-order valence-corrected chi connectivity index (χ3v) is 3.13. The van der Waals surface area contributed by atoms with E-state index in [1.807, 2.05) is 49.4 Å². The number of oxazole rings is 1. The standard InChI is InChI=1S/C17H16N2O2/c1-2-20-16-13(9-6-10-14(16)18)17-19-11-15(21-17)12-7-4-3-5-8-12/h3-11H,2,18H2,1H3. The number of hydrogen-bond acceptors (Lipinski definition) is 4. The molecule has 0 saturated heterocycles. The summed E-state index contributed by atoms with van der Waals surface area (Å²) in [5.41, 5.74) is 8.29. The van der Waals surface area contributed by atoms with Crippen molar-refractivity contribution in [2.45, 2.75) is 6.92 Å². The summed E-state index contributed by atoms with van der Waals surface area (Å²) in [5, 5.41) is 0. The van der Waals surface area contributed by atoms with E-state index in [9.17, 15) is 0 Å². The van der Waals surface area contributed by atoms with Crippen LogP contribution in [0, 0.1) is 0 Å². The SMILES string of the molecule is CCOc1c(N)cccc1-c1ncc(-c2ccccc2)o1. The van der Waals surface area contributed by atoms with Crippen LogP contribution in [-0.4, -0.2) is 11.6 Å². The van der Waals surface area contributed by atoms with Crippen molar-refractivity contribution in [2.75, 3.05) is 12.3 Å². The molecular formula is C17H16N2O2. The molecule has 4 nitrogen and oxygen atoms in total. The second-order valence-electron chi connectivity index (χ2n) is 4.55. The predicted molar refractivity (Wildman–Crippen MR) is 83.0 cm³/mol. The molecule has 1 aromatic heterocycles. The summed E-state index contributed by atoms with van der Waals surface area (Å²) < 4.78 is 11.5. The number of aromatic nitrogens is 1. The second-order valence-corrected chi connectivity index (χ2v) is 4.55. The lowest BCUT2D eigenvalue weighted by Crippen LogP contribution is -1.98. The van der Waals surface area contributed by atoms with Crippen LogP contribution in [0.3, 0.4) is 0 Å². The normalized spacial score (nSPS) is 10.5. The molecule has 0 bridgehead atoms. The largest absolute Gasteiger partial charge is 0.491 e. The van der Waals surface area contributed by atoms with Gasteiger partial charge >= 0.3 is 0 Å². The van der Waals surface area contributed by atoms with Gasteiger partial charge in [-0.15, -0.1) is 0 Å². The summed E-state index contributed by atoms with van der Waals surface area (Å²) in [5.74, 6) is 1.83. The molecule has 4 heteroatoms. The summed E-state index contributed by atoms with van der Waals surface area (Å²) in [4.78, 5) is 4.34. The molecule has 0 atom stereocenters. The van der Waals surface area contributed by atoms with Crippen LogP contribution in [0.25, 0.3) is 22.8 Å². The maximum atomic E-state index is 5.97. The zero-order valence-corrected chi connectivity index (χ0v) is 11.7. The van der Waals surface area contributed by atoms with Crippen molar-refractivity contribution in [3.05, 3.63) is 54.7 Å². The van der Waals surface area contributed by atoms with E-state index in [-0.39, 0.29) is 0 Å². The van der Waals surface area contributed by atoms with Crippen LogP contribution in [0.4, 0.5) is 5.69 Å². The fourth-order valence-corrected chi connectivity index (χ4v) is 2.16. The predicted octanol–water partition coefficient (Wildman–Crippen LogP) is 3.99. The number of nitrogens with two attached hydrogens (primary N) is 1. The first-order valence-corrected chi connectivity index (χ1v) is 6.82. The van der Waals surface area contributed by atoms with Gasteiger partial charge in [0.25, 0.3) is 0 Å². The maximum absolute atomic E-state index is 5.97. The highest BCUT2D eigenvalue weighted by Gasteiger charge is 2.15. The lowest BCUT2D eigenvalue weighted by atomic mass is 10.1. The third-order valence-electron chi connectivity index (χ3n) is 3.13. The van der Waals surface area contributed by atoms with Gasteiger partial charge in [-0.25, -0.2) is 4.98 Å². The molecule has 0 fully saturated rings. The number of hydrogen-bond donors (Lipinski definition) is 1. The van der Waals surface area contributed by atoms with Crippen molar-refractivity contribution in [1.82, 2.24) is 4.98 Å². The molecule has 1 heterocycles. The van der Waals surface area contributed by atoms with Gasteiger partial charge in [0.15, 0.2) is 11.5 Å². The Bertz CT molecular complexity index is 736. The molecule has 0 spiro atoms. The second kappa shape index (κ2) is 5.71. The average molecular weight is 280 g/mol. The number of benzene rings is 2. The van der Waals surface area contributed by atoms with Crippen LogP contribution < -0.4 is 10.5 Å². The van der Waals surface area contributed by atoms with Crippen molar-refractivity contribution >= 4 is 5.69 Å². The first kappa shape index (κ1) is 13.2. The number of nitrogen functional groups attached to an aromatic ring is 1. The van der Waals surface area contributed by atoms with E-state index in [2.05, 4.69) is 4.98 Å². The number of para-hydroxylation sites is 1. The quantitative estimate of drug-likeness (QED) is 0.734. The molecule has 21 heavy (non-hydrogen) atoms. The molecule has 2 aromatic carbocycles. The van der Waals surface area contributed by atoms with E-state index in [1.54, 1.807) is 12.3 Å². The fourth-order valence-electron chi connectivity index (χ4n) is 2.16. The minimum absolute atomic E-state index is 0.504. The van der Waals surface area contributed by atoms with Crippen LogP contribution in [-0.2, 0) is 0 Å². The van der Waals surface area contributed by atoms with E-state index in [1.165, 1.54) is 0 Å². The molecule has 3 rings (SSSR count). The summed E-state index contributed by atoms with van der Waals surface area (Å²) >= 11 is 0. The highest BCUT2D eigenvalue weighted by atomic mass is 16.5. The Labute approximate surface area is 123 Å². The van der Waals surface area contributed by atoms with Gasteiger partial charge < -0.3 is 14.9 Å². The van der Waals surface area contributed by atoms with Gasteiger partial charge in [0.2, 0.25) is 5.89 Å². The van der Waals surface area contributed by atoms with Crippen LogP contribution in [0.15, 0.2) is 59.1 Å². The van der Waals surface area contributed by atoms with Crippen molar-refractivity contribution in [2.24, 2.45) is 0 Å². The monoisotopic (exact) mass is 280 g/mol. The Kier molecular flexibility index (Phi) is 3.60. The molecule has 0 unspecified atom stereocenters. The Balaban J connectivity index is 2.03. The molecule has 0 radical (unpaired) electrons. The Morgan fingerprint density at radius 3 is 2.67 bits per heavy atom. The lowest BCUT2D eigenvalue weighted by Gasteiger charge is -2.10. The first-order valence-electron chi connectivity index (χ1n) is 6.82. The molecule has 0 aliphatic rings. The van der Waals surface area contributed by atoms with Crippen molar-refractivity contribution in [3.63, 3.8) is 0 Å². The number of anilines is 1. The summed E-state index contributed by atoms with van der Waals surface area (Å²) in [6, 6.07) is 15.4. The Morgan fingerprint density at radius 2 is 1.90 bits per heavy atom. The number of ether oxygens (including phenoxy) is 1. The molecule has 106 valence electrons. The van der Waals surface area contributed by atoms with Crippen molar-refractivity contribution in [3.8, 4) is 28.5 Å². The van der Waals surface area contributed by atoms with E-state index in [0.29, 0.717) is 23.9 Å². The van der Waals surface area contributed by atoms with Crippen LogP contribution in [0.2, 0.25) is 0 Å². The highest BCUT2D eigenvalue weighted by molar-refractivity contribution is 5.73. The molecule has 0 aliphatic heterocycles. The van der Waals surface area contributed by atoms with E-state index in [4.69, 9.17) is 14.9 Å². The first-order chi connectivity index (χ1) is 10.3. The lowest BCUT2D eigenvalue weighted by molar-refractivity contribution is 0.342. The smallest absolute Gasteiger partial charge is 0.230 e. The average Bonchev–Trinajstić information content (AvgIpc) is 3.00. The van der Waals surface area contributed by atoms with Gasteiger partial charge in [-0.3, -0.25) is 0 Å². The van der Waals surface area contributed by atoms with Gasteiger partial charge in [0.05, 0.1) is 24.1 Å². The van der Waals surface area contributed by atoms with Crippen LogP contribution in [0.5, 0.6) is 5.75 Å². The van der Waals surface area contributed by atoms with Gasteiger partial charge in [0.1, 0.15) is 0 Å².